The fourth-order valence-electron chi connectivity index (χ4n) is 1.28. The molecule has 0 rings (SSSR count). The van der Waals surface area contributed by atoms with Crippen LogP contribution < -0.4 is 0 Å². The van der Waals surface area contributed by atoms with E-state index in [1.54, 1.807) is 0 Å². The molecule has 0 radical (unpaired) electrons. The minimum Gasteiger partial charge on any atom is -0.481 e. The fourth-order valence-corrected chi connectivity index (χ4v) is 1.28. The molecule has 0 heterocycles. The summed E-state index contributed by atoms with van der Waals surface area (Å²) in [6.45, 7) is 7.45. The van der Waals surface area contributed by atoms with Crippen LogP contribution in [-0.2, 0) is 4.79 Å². The van der Waals surface area contributed by atoms with Crippen molar-refractivity contribution >= 4 is 5.97 Å². The monoisotopic (exact) mass is 182 g/mol. The highest BCUT2D eigenvalue weighted by Gasteiger charge is 2.19. The van der Waals surface area contributed by atoms with E-state index in [0.717, 1.165) is 12.8 Å². The first-order valence-corrected chi connectivity index (χ1v) is 4.60. The third kappa shape index (κ3) is 4.51. The van der Waals surface area contributed by atoms with Crippen LogP contribution in [0.1, 0.15) is 26.7 Å². The van der Waals surface area contributed by atoms with Crippen LogP contribution in [0.3, 0.4) is 0 Å². The molecule has 13 heavy (non-hydrogen) atoms. The van der Waals surface area contributed by atoms with Crippen LogP contribution in [0.2, 0.25) is 0 Å². The first-order valence-electron chi connectivity index (χ1n) is 4.60. The largest absolute Gasteiger partial charge is 0.481 e. The van der Waals surface area contributed by atoms with Crippen molar-refractivity contribution in [3.05, 3.63) is 24.8 Å². The summed E-state index contributed by atoms with van der Waals surface area (Å²) in [5.74, 6) is -1.03. The topological polar surface area (TPSA) is 37.3 Å². The van der Waals surface area contributed by atoms with Gasteiger partial charge in [-0.2, -0.15) is 0 Å². The quantitative estimate of drug-likeness (QED) is 0.641. The summed E-state index contributed by atoms with van der Waals surface area (Å²) in [6, 6.07) is 0. The lowest BCUT2D eigenvalue weighted by atomic mass is 9.90. The lowest BCUT2D eigenvalue weighted by Gasteiger charge is -2.15. The molecule has 0 spiro atoms. The van der Waals surface area contributed by atoms with Crippen molar-refractivity contribution in [3.63, 3.8) is 0 Å². The number of allylic oxidation sites excluding steroid dienone is 2. The van der Waals surface area contributed by atoms with Gasteiger partial charge in [-0.3, -0.25) is 4.79 Å². The third-order valence-corrected chi connectivity index (χ3v) is 2.18. The normalized spacial score (nSPS) is 15.5. The van der Waals surface area contributed by atoms with Crippen molar-refractivity contribution in [2.75, 3.05) is 0 Å². The second-order valence-electron chi connectivity index (χ2n) is 3.22. The number of hydrogen-bond acceptors (Lipinski definition) is 1. The Morgan fingerprint density at radius 3 is 2.62 bits per heavy atom. The van der Waals surface area contributed by atoms with Gasteiger partial charge in [0.25, 0.3) is 0 Å². The van der Waals surface area contributed by atoms with Gasteiger partial charge in [0, 0.05) is 0 Å². The van der Waals surface area contributed by atoms with Gasteiger partial charge in [0.1, 0.15) is 0 Å². The van der Waals surface area contributed by atoms with Gasteiger partial charge in [-0.15, -0.1) is 6.58 Å². The summed E-state index contributed by atoms with van der Waals surface area (Å²) in [4.78, 5) is 10.7. The van der Waals surface area contributed by atoms with Crippen molar-refractivity contribution in [1.29, 1.82) is 0 Å². The lowest BCUT2D eigenvalue weighted by molar-refractivity contribution is -0.141. The van der Waals surface area contributed by atoms with Crippen molar-refractivity contribution in [3.8, 4) is 0 Å². The molecule has 0 aliphatic rings. The summed E-state index contributed by atoms with van der Waals surface area (Å²) in [5, 5.41) is 8.81. The van der Waals surface area contributed by atoms with Gasteiger partial charge in [0.15, 0.2) is 0 Å². The maximum atomic E-state index is 10.7. The molecule has 2 heteroatoms. The smallest absolute Gasteiger partial charge is 0.310 e. The average Bonchev–Trinajstić information content (AvgIpc) is 2.05. The van der Waals surface area contributed by atoms with Gasteiger partial charge in [-0.1, -0.05) is 25.2 Å². The average molecular weight is 182 g/mol. The summed E-state index contributed by atoms with van der Waals surface area (Å²) >= 11 is 0. The molecule has 0 fully saturated rings. The summed E-state index contributed by atoms with van der Waals surface area (Å²) in [5.41, 5.74) is 0. The maximum absolute atomic E-state index is 10.7. The van der Waals surface area contributed by atoms with E-state index in [1.165, 1.54) is 6.08 Å². The van der Waals surface area contributed by atoms with Crippen LogP contribution >= 0.6 is 0 Å². The highest BCUT2D eigenvalue weighted by atomic mass is 16.4. The number of carboxylic acid groups (broad SMARTS) is 1. The van der Waals surface area contributed by atoms with Crippen molar-refractivity contribution < 1.29 is 9.90 Å². The molecule has 74 valence electrons. The molecule has 0 saturated heterocycles. The minimum absolute atomic E-state index is 0.159. The molecule has 0 saturated carbocycles. The Kier molecular flexibility index (Phi) is 5.94. The summed E-state index contributed by atoms with van der Waals surface area (Å²) in [7, 11) is 0. The highest BCUT2D eigenvalue weighted by molar-refractivity contribution is 5.72. The van der Waals surface area contributed by atoms with Gasteiger partial charge < -0.3 is 5.11 Å². The second kappa shape index (κ2) is 6.46. The Bertz CT molecular complexity index is 194. The zero-order chi connectivity index (χ0) is 10.3. The lowest BCUT2D eigenvalue weighted by Crippen LogP contribution is -2.18. The van der Waals surface area contributed by atoms with Gasteiger partial charge in [-0.25, -0.2) is 0 Å². The number of carbonyl (C=O) groups is 1. The second-order valence-corrected chi connectivity index (χ2v) is 3.22. The van der Waals surface area contributed by atoms with Gasteiger partial charge in [0.2, 0.25) is 0 Å². The number of aliphatic carboxylic acids is 1. The van der Waals surface area contributed by atoms with Crippen molar-refractivity contribution in [2.24, 2.45) is 11.8 Å². The van der Waals surface area contributed by atoms with E-state index >= 15 is 0 Å². The van der Waals surface area contributed by atoms with E-state index in [9.17, 15) is 4.79 Å². The summed E-state index contributed by atoms with van der Waals surface area (Å²) < 4.78 is 0. The zero-order valence-electron chi connectivity index (χ0n) is 8.36. The minimum atomic E-state index is -0.775. The standard InChI is InChI=1S/C11H18O2/c1-4-6-7-8-9(3)10(5-2)11(12)13/h4-6,9-10H,2,7-8H2,1,3H3,(H,12,13)/b6-4+. The molecule has 2 unspecified atom stereocenters. The molecule has 0 aromatic heterocycles. The third-order valence-electron chi connectivity index (χ3n) is 2.18. The Morgan fingerprint density at radius 2 is 2.23 bits per heavy atom. The van der Waals surface area contributed by atoms with E-state index in [2.05, 4.69) is 12.7 Å². The molecular formula is C11H18O2. The number of rotatable bonds is 6. The molecule has 1 N–H and O–H groups in total. The van der Waals surface area contributed by atoms with E-state index < -0.39 is 11.9 Å². The SMILES string of the molecule is C=CC(C(=O)O)C(C)CC/C=C/C. The molecule has 0 bridgehead atoms. The van der Waals surface area contributed by atoms with E-state index in [0.29, 0.717) is 0 Å². The van der Waals surface area contributed by atoms with Crippen LogP contribution in [0, 0.1) is 11.8 Å². The zero-order valence-corrected chi connectivity index (χ0v) is 8.36. The Labute approximate surface area is 80.0 Å². The van der Waals surface area contributed by atoms with Crippen LogP contribution in [0.25, 0.3) is 0 Å². The summed E-state index contributed by atoms with van der Waals surface area (Å²) in [6.07, 6.45) is 7.39. The Morgan fingerprint density at radius 1 is 1.62 bits per heavy atom. The molecule has 0 amide bonds. The van der Waals surface area contributed by atoms with E-state index in [-0.39, 0.29) is 5.92 Å². The molecular weight excluding hydrogens is 164 g/mol. The molecule has 2 atom stereocenters. The first-order chi connectivity index (χ1) is 6.13. The number of carboxylic acids is 1. The number of hydrogen-bond donors (Lipinski definition) is 1. The fraction of sp³-hybridized carbons (Fsp3) is 0.545. The van der Waals surface area contributed by atoms with Crippen LogP contribution in [0.15, 0.2) is 24.8 Å². The molecule has 0 aromatic rings. The van der Waals surface area contributed by atoms with Crippen LogP contribution in [-0.4, -0.2) is 11.1 Å². The Balaban J connectivity index is 3.98. The maximum Gasteiger partial charge on any atom is 0.310 e. The van der Waals surface area contributed by atoms with Crippen molar-refractivity contribution in [2.45, 2.75) is 26.7 Å². The molecule has 0 aliphatic heterocycles. The molecule has 2 nitrogen and oxygen atoms in total. The predicted octanol–water partition coefficient (Wildman–Crippen LogP) is 2.87. The predicted molar refractivity (Wildman–Crippen MR) is 54.5 cm³/mol. The first kappa shape index (κ1) is 11.9. The van der Waals surface area contributed by atoms with Gasteiger partial charge in [0.05, 0.1) is 5.92 Å². The molecule has 0 aliphatic carbocycles. The van der Waals surface area contributed by atoms with Crippen LogP contribution in [0.5, 0.6) is 0 Å². The highest BCUT2D eigenvalue weighted by Crippen LogP contribution is 2.18. The van der Waals surface area contributed by atoms with E-state index in [1.807, 2.05) is 19.9 Å². The van der Waals surface area contributed by atoms with Crippen LogP contribution in [0.4, 0.5) is 0 Å². The van der Waals surface area contributed by atoms with Gasteiger partial charge in [-0.05, 0) is 25.7 Å². The van der Waals surface area contributed by atoms with Crippen molar-refractivity contribution in [1.82, 2.24) is 0 Å². The molecule has 0 aromatic carbocycles. The van der Waals surface area contributed by atoms with Gasteiger partial charge >= 0.3 is 5.97 Å². The Hall–Kier alpha value is -1.05. The van der Waals surface area contributed by atoms with E-state index in [4.69, 9.17) is 5.11 Å².